The molecule has 132 valence electrons. The number of halogens is 1. The van der Waals surface area contributed by atoms with Gasteiger partial charge in [-0.25, -0.2) is 4.39 Å². The Morgan fingerprint density at radius 1 is 1.00 bits per heavy atom. The highest BCUT2D eigenvalue weighted by Gasteiger charge is 2.25. The maximum Gasteiger partial charge on any atom is 0.123 e. The molecule has 0 aliphatic carbocycles. The number of rotatable bonds is 4. The average Bonchev–Trinajstić information content (AvgIpc) is 2.70. The lowest BCUT2D eigenvalue weighted by molar-refractivity contribution is 0.473. The van der Waals surface area contributed by atoms with Crippen molar-refractivity contribution in [2.75, 3.05) is 24.5 Å². The standard InChI is InChI=1S/C22H22FN3/c23-19-10-8-18(9-11-19)22-21(7-4-12-25-22)26-14-13-24-16-20(26)15-17-5-2-1-3-6-17/h1-12,20,24H,13-16H2. The quantitative estimate of drug-likeness (QED) is 0.776. The fraction of sp³-hybridized carbons (Fsp3) is 0.227. The van der Waals surface area contributed by atoms with Crippen LogP contribution in [0.25, 0.3) is 11.3 Å². The molecule has 1 N–H and O–H groups in total. The molecule has 4 heteroatoms. The van der Waals surface area contributed by atoms with E-state index >= 15 is 0 Å². The van der Waals surface area contributed by atoms with Crippen LogP contribution in [0.3, 0.4) is 0 Å². The van der Waals surface area contributed by atoms with Crippen LogP contribution in [0.15, 0.2) is 72.9 Å². The van der Waals surface area contributed by atoms with Crippen molar-refractivity contribution in [2.45, 2.75) is 12.5 Å². The van der Waals surface area contributed by atoms with Crippen molar-refractivity contribution in [1.29, 1.82) is 0 Å². The van der Waals surface area contributed by atoms with Crippen molar-refractivity contribution in [2.24, 2.45) is 0 Å². The van der Waals surface area contributed by atoms with Gasteiger partial charge in [0, 0.05) is 37.4 Å². The summed E-state index contributed by atoms with van der Waals surface area (Å²) >= 11 is 0. The average molecular weight is 347 g/mol. The normalized spacial score (nSPS) is 17.3. The molecule has 2 aromatic carbocycles. The molecule has 4 rings (SSSR count). The Morgan fingerprint density at radius 3 is 2.62 bits per heavy atom. The second-order valence-electron chi connectivity index (χ2n) is 6.62. The Balaban J connectivity index is 1.67. The third-order valence-corrected chi connectivity index (χ3v) is 4.88. The summed E-state index contributed by atoms with van der Waals surface area (Å²) in [6.45, 7) is 2.81. The molecule has 0 bridgehead atoms. The highest BCUT2D eigenvalue weighted by Crippen LogP contribution is 2.31. The van der Waals surface area contributed by atoms with Gasteiger partial charge in [-0.15, -0.1) is 0 Å². The predicted octanol–water partition coefficient (Wildman–Crippen LogP) is 3.91. The molecule has 1 atom stereocenters. The molecular formula is C22H22FN3. The van der Waals surface area contributed by atoms with Crippen molar-refractivity contribution in [3.05, 3.63) is 84.3 Å². The zero-order valence-corrected chi connectivity index (χ0v) is 14.6. The lowest BCUT2D eigenvalue weighted by Gasteiger charge is -2.39. The van der Waals surface area contributed by atoms with Gasteiger partial charge in [-0.05, 0) is 48.4 Å². The number of anilines is 1. The number of pyridine rings is 1. The van der Waals surface area contributed by atoms with Crippen LogP contribution in [0.2, 0.25) is 0 Å². The van der Waals surface area contributed by atoms with E-state index in [1.165, 1.54) is 17.7 Å². The predicted molar refractivity (Wildman–Crippen MR) is 104 cm³/mol. The summed E-state index contributed by atoms with van der Waals surface area (Å²) in [6.07, 6.45) is 2.78. The molecule has 0 amide bonds. The highest BCUT2D eigenvalue weighted by atomic mass is 19.1. The molecule has 1 saturated heterocycles. The zero-order chi connectivity index (χ0) is 17.8. The van der Waals surface area contributed by atoms with Crippen molar-refractivity contribution < 1.29 is 4.39 Å². The largest absolute Gasteiger partial charge is 0.364 e. The Bertz CT molecular complexity index is 849. The van der Waals surface area contributed by atoms with Gasteiger partial charge in [-0.2, -0.15) is 0 Å². The van der Waals surface area contributed by atoms with Crippen molar-refractivity contribution in [3.8, 4) is 11.3 Å². The number of aromatic nitrogens is 1. The first-order chi connectivity index (χ1) is 12.8. The van der Waals surface area contributed by atoms with E-state index in [9.17, 15) is 4.39 Å². The summed E-state index contributed by atoms with van der Waals surface area (Å²) in [4.78, 5) is 7.05. The van der Waals surface area contributed by atoms with Crippen molar-refractivity contribution in [3.63, 3.8) is 0 Å². The number of nitrogens with zero attached hydrogens (tertiary/aromatic N) is 2. The van der Waals surface area contributed by atoms with Crippen LogP contribution in [-0.4, -0.2) is 30.7 Å². The minimum atomic E-state index is -0.227. The lowest BCUT2D eigenvalue weighted by Crippen LogP contribution is -2.52. The van der Waals surface area contributed by atoms with E-state index in [1.54, 1.807) is 18.3 Å². The van der Waals surface area contributed by atoms with Gasteiger partial charge in [-0.3, -0.25) is 4.98 Å². The van der Waals surface area contributed by atoms with E-state index in [2.05, 4.69) is 45.5 Å². The van der Waals surface area contributed by atoms with Crippen molar-refractivity contribution in [1.82, 2.24) is 10.3 Å². The van der Waals surface area contributed by atoms with Crippen LogP contribution in [0.5, 0.6) is 0 Å². The topological polar surface area (TPSA) is 28.2 Å². The lowest BCUT2D eigenvalue weighted by atomic mass is 10.0. The molecule has 1 aromatic heterocycles. The third-order valence-electron chi connectivity index (χ3n) is 4.88. The van der Waals surface area contributed by atoms with Crippen molar-refractivity contribution >= 4 is 5.69 Å². The van der Waals surface area contributed by atoms with Gasteiger partial charge in [-0.1, -0.05) is 30.3 Å². The summed E-state index contributed by atoms with van der Waals surface area (Å²) in [6, 6.07) is 21.6. The summed E-state index contributed by atoms with van der Waals surface area (Å²) < 4.78 is 13.3. The molecule has 0 spiro atoms. The van der Waals surface area contributed by atoms with E-state index in [0.717, 1.165) is 43.0 Å². The number of hydrogen-bond donors (Lipinski definition) is 1. The summed E-state index contributed by atoms with van der Waals surface area (Å²) in [5.41, 5.74) is 4.30. The van der Waals surface area contributed by atoms with Crippen LogP contribution in [0.1, 0.15) is 5.56 Å². The summed E-state index contributed by atoms with van der Waals surface area (Å²) in [5.74, 6) is -0.227. The van der Waals surface area contributed by atoms with Crippen LogP contribution >= 0.6 is 0 Å². The van der Waals surface area contributed by atoms with Crippen LogP contribution in [-0.2, 0) is 6.42 Å². The van der Waals surface area contributed by atoms with Crippen LogP contribution < -0.4 is 10.2 Å². The van der Waals surface area contributed by atoms with Crippen LogP contribution in [0, 0.1) is 5.82 Å². The van der Waals surface area contributed by atoms with Gasteiger partial charge in [0.05, 0.1) is 11.4 Å². The molecular weight excluding hydrogens is 325 g/mol. The fourth-order valence-corrected chi connectivity index (χ4v) is 3.61. The smallest absolute Gasteiger partial charge is 0.123 e. The Kier molecular flexibility index (Phi) is 4.93. The van der Waals surface area contributed by atoms with Gasteiger partial charge < -0.3 is 10.2 Å². The molecule has 3 nitrogen and oxygen atoms in total. The number of hydrogen-bond acceptors (Lipinski definition) is 3. The number of nitrogens with one attached hydrogen (secondary N) is 1. The second kappa shape index (κ2) is 7.67. The maximum atomic E-state index is 13.3. The molecule has 2 heterocycles. The fourth-order valence-electron chi connectivity index (χ4n) is 3.61. The number of piperazine rings is 1. The maximum absolute atomic E-state index is 13.3. The van der Waals surface area contributed by atoms with Gasteiger partial charge in [0.15, 0.2) is 0 Å². The minimum Gasteiger partial charge on any atom is -0.364 e. The number of benzene rings is 2. The van der Waals surface area contributed by atoms with E-state index in [4.69, 9.17) is 0 Å². The molecule has 0 saturated carbocycles. The minimum absolute atomic E-state index is 0.227. The summed E-state index contributed by atoms with van der Waals surface area (Å²) in [7, 11) is 0. The first-order valence-electron chi connectivity index (χ1n) is 9.03. The first kappa shape index (κ1) is 16.7. The van der Waals surface area contributed by atoms with E-state index in [0.29, 0.717) is 6.04 Å². The molecule has 3 aromatic rings. The third kappa shape index (κ3) is 3.60. The highest BCUT2D eigenvalue weighted by molar-refractivity contribution is 5.75. The first-order valence-corrected chi connectivity index (χ1v) is 9.03. The Hall–Kier alpha value is -2.72. The Labute approximate surface area is 153 Å². The van der Waals surface area contributed by atoms with Gasteiger partial charge in [0.2, 0.25) is 0 Å². The zero-order valence-electron chi connectivity index (χ0n) is 14.6. The van der Waals surface area contributed by atoms with Crippen LogP contribution in [0.4, 0.5) is 10.1 Å². The molecule has 1 unspecified atom stereocenters. The molecule has 0 radical (unpaired) electrons. The van der Waals surface area contributed by atoms with E-state index in [1.807, 2.05) is 12.1 Å². The molecule has 1 fully saturated rings. The summed E-state index contributed by atoms with van der Waals surface area (Å²) in [5, 5.41) is 3.51. The van der Waals surface area contributed by atoms with E-state index in [-0.39, 0.29) is 5.82 Å². The monoisotopic (exact) mass is 347 g/mol. The molecule has 1 aliphatic rings. The van der Waals surface area contributed by atoms with Gasteiger partial charge in [0.25, 0.3) is 0 Å². The SMILES string of the molecule is Fc1ccc(-c2ncccc2N2CCNCC2Cc2ccccc2)cc1. The van der Waals surface area contributed by atoms with Gasteiger partial charge in [0.1, 0.15) is 5.82 Å². The Morgan fingerprint density at radius 2 is 1.81 bits per heavy atom. The molecule has 1 aliphatic heterocycles. The van der Waals surface area contributed by atoms with Gasteiger partial charge >= 0.3 is 0 Å². The van der Waals surface area contributed by atoms with E-state index < -0.39 is 0 Å². The molecule has 26 heavy (non-hydrogen) atoms. The second-order valence-corrected chi connectivity index (χ2v) is 6.62.